The van der Waals surface area contributed by atoms with Crippen LogP contribution in [0, 0.1) is 10.8 Å². The molecule has 3 heteroatoms. The van der Waals surface area contributed by atoms with E-state index in [4.69, 9.17) is 4.74 Å². The molecule has 4 rings (SSSR count). The number of nitrogens with zero attached hydrogens (tertiary/aromatic N) is 1. The van der Waals surface area contributed by atoms with Gasteiger partial charge in [0.15, 0.2) is 6.61 Å². The second-order valence-electron chi connectivity index (χ2n) is 9.00. The van der Waals surface area contributed by atoms with Crippen LogP contribution in [-0.2, 0) is 4.79 Å². The zero-order chi connectivity index (χ0) is 17.7. The molecular weight excluding hydrogens is 310 g/mol. The lowest BCUT2D eigenvalue weighted by Gasteiger charge is -2.39. The Morgan fingerprint density at radius 2 is 1.88 bits per heavy atom. The Bertz CT molecular complexity index is 807. The van der Waals surface area contributed by atoms with Crippen molar-refractivity contribution in [2.75, 3.05) is 13.2 Å². The number of carbonyl (C=O) groups is 1. The topological polar surface area (TPSA) is 29.5 Å². The monoisotopic (exact) mass is 337 g/mol. The van der Waals surface area contributed by atoms with E-state index in [1.807, 2.05) is 30.3 Å². The Labute approximate surface area is 150 Å². The molecule has 2 fully saturated rings. The van der Waals surface area contributed by atoms with Crippen molar-refractivity contribution in [1.29, 1.82) is 0 Å². The van der Waals surface area contributed by atoms with Gasteiger partial charge in [-0.3, -0.25) is 4.79 Å². The summed E-state index contributed by atoms with van der Waals surface area (Å²) < 4.78 is 5.94. The van der Waals surface area contributed by atoms with E-state index in [2.05, 4.69) is 37.8 Å². The molecule has 1 aliphatic carbocycles. The average Bonchev–Trinajstić information content (AvgIpc) is 2.81. The van der Waals surface area contributed by atoms with E-state index >= 15 is 0 Å². The molecule has 25 heavy (non-hydrogen) atoms. The summed E-state index contributed by atoms with van der Waals surface area (Å²) in [6.45, 7) is 8.00. The highest BCUT2D eigenvalue weighted by molar-refractivity contribution is 5.88. The maximum absolute atomic E-state index is 12.9. The molecule has 0 radical (unpaired) electrons. The summed E-state index contributed by atoms with van der Waals surface area (Å²) in [6, 6.07) is 14.5. The van der Waals surface area contributed by atoms with E-state index in [-0.39, 0.29) is 17.9 Å². The Morgan fingerprint density at radius 3 is 2.72 bits per heavy atom. The lowest BCUT2D eigenvalue weighted by atomic mass is 9.65. The first-order valence-electron chi connectivity index (χ1n) is 9.25. The number of hydrogen-bond acceptors (Lipinski definition) is 2. The van der Waals surface area contributed by atoms with Crippen LogP contribution in [0.4, 0.5) is 0 Å². The Kier molecular flexibility index (Phi) is 3.78. The van der Waals surface area contributed by atoms with Crippen molar-refractivity contribution < 1.29 is 9.53 Å². The minimum Gasteiger partial charge on any atom is -0.483 e. The van der Waals surface area contributed by atoms with Crippen molar-refractivity contribution in [2.24, 2.45) is 10.8 Å². The molecule has 2 aromatic rings. The standard InChI is InChI=1S/C22H27NO2/c1-21(2)11-17-12-22(3,14-21)15-23(17)20(24)13-25-19-10-6-8-16-7-4-5-9-18(16)19/h4-10,17H,11-15H2,1-3H3/t17-,22-/m1/s1. The van der Waals surface area contributed by atoms with Crippen molar-refractivity contribution in [3.8, 4) is 5.75 Å². The third kappa shape index (κ3) is 3.12. The van der Waals surface area contributed by atoms with E-state index in [0.717, 1.165) is 35.9 Å². The molecule has 3 nitrogen and oxygen atoms in total. The van der Waals surface area contributed by atoms with Gasteiger partial charge in [0.25, 0.3) is 5.91 Å². The molecule has 1 saturated heterocycles. The normalized spacial score (nSPS) is 27.5. The summed E-state index contributed by atoms with van der Waals surface area (Å²) in [6.07, 6.45) is 3.43. The molecule has 2 bridgehead atoms. The second-order valence-corrected chi connectivity index (χ2v) is 9.00. The highest BCUT2D eigenvalue weighted by Gasteiger charge is 2.50. The van der Waals surface area contributed by atoms with Gasteiger partial charge < -0.3 is 9.64 Å². The van der Waals surface area contributed by atoms with Crippen molar-refractivity contribution in [1.82, 2.24) is 4.90 Å². The molecular formula is C22H27NO2. The zero-order valence-electron chi connectivity index (χ0n) is 15.4. The average molecular weight is 337 g/mol. The molecule has 1 saturated carbocycles. The fraction of sp³-hybridized carbons (Fsp3) is 0.500. The van der Waals surface area contributed by atoms with E-state index in [1.54, 1.807) is 0 Å². The zero-order valence-corrected chi connectivity index (χ0v) is 15.4. The molecule has 0 N–H and O–H groups in total. The molecule has 1 heterocycles. The van der Waals surface area contributed by atoms with Gasteiger partial charge in [-0.2, -0.15) is 0 Å². The maximum atomic E-state index is 12.9. The van der Waals surface area contributed by atoms with Crippen LogP contribution >= 0.6 is 0 Å². The third-order valence-electron chi connectivity index (χ3n) is 5.84. The molecule has 2 aliphatic rings. The minimum atomic E-state index is 0.124. The van der Waals surface area contributed by atoms with Crippen molar-refractivity contribution in [3.63, 3.8) is 0 Å². The molecule has 2 atom stereocenters. The molecule has 2 aromatic carbocycles. The number of hydrogen-bond donors (Lipinski definition) is 0. The lowest BCUT2D eigenvalue weighted by molar-refractivity contribution is -0.134. The van der Waals surface area contributed by atoms with Gasteiger partial charge in [-0.05, 0) is 41.5 Å². The number of fused-ring (bicyclic) bond motifs is 3. The molecule has 0 spiro atoms. The Hall–Kier alpha value is -2.03. The number of rotatable bonds is 3. The molecule has 0 unspecified atom stereocenters. The summed E-state index contributed by atoms with van der Waals surface area (Å²) in [7, 11) is 0. The Balaban J connectivity index is 1.48. The lowest BCUT2D eigenvalue weighted by Crippen LogP contribution is -2.40. The summed E-state index contributed by atoms with van der Waals surface area (Å²) in [4.78, 5) is 14.9. The van der Waals surface area contributed by atoms with Gasteiger partial charge >= 0.3 is 0 Å². The van der Waals surface area contributed by atoms with Gasteiger partial charge in [0.1, 0.15) is 5.75 Å². The smallest absolute Gasteiger partial charge is 0.260 e. The number of carbonyl (C=O) groups excluding carboxylic acids is 1. The molecule has 1 amide bonds. The van der Waals surface area contributed by atoms with Gasteiger partial charge in [0, 0.05) is 18.0 Å². The first-order chi connectivity index (χ1) is 11.9. The van der Waals surface area contributed by atoms with Gasteiger partial charge in [-0.15, -0.1) is 0 Å². The predicted octanol–water partition coefficient (Wildman–Crippen LogP) is 4.65. The van der Waals surface area contributed by atoms with Crippen LogP contribution in [0.25, 0.3) is 10.8 Å². The third-order valence-corrected chi connectivity index (χ3v) is 5.84. The first-order valence-corrected chi connectivity index (χ1v) is 9.25. The van der Waals surface area contributed by atoms with Crippen LogP contribution in [0.5, 0.6) is 5.75 Å². The predicted molar refractivity (Wildman–Crippen MR) is 101 cm³/mol. The number of likely N-dealkylation sites (tertiary alicyclic amines) is 1. The Morgan fingerprint density at radius 1 is 1.12 bits per heavy atom. The molecule has 0 aromatic heterocycles. The number of benzene rings is 2. The van der Waals surface area contributed by atoms with E-state index in [0.29, 0.717) is 11.5 Å². The number of amides is 1. The van der Waals surface area contributed by atoms with Crippen LogP contribution in [0.2, 0.25) is 0 Å². The van der Waals surface area contributed by atoms with E-state index in [9.17, 15) is 4.79 Å². The van der Waals surface area contributed by atoms with E-state index < -0.39 is 0 Å². The van der Waals surface area contributed by atoms with Crippen LogP contribution in [0.15, 0.2) is 42.5 Å². The summed E-state index contributed by atoms with van der Waals surface area (Å²) in [5.41, 5.74) is 0.588. The molecule has 1 aliphatic heterocycles. The number of ether oxygens (including phenoxy) is 1. The van der Waals surface area contributed by atoms with E-state index in [1.165, 1.54) is 6.42 Å². The van der Waals surface area contributed by atoms with Crippen LogP contribution < -0.4 is 4.74 Å². The van der Waals surface area contributed by atoms with Gasteiger partial charge in [0.2, 0.25) is 0 Å². The first kappa shape index (κ1) is 16.4. The van der Waals surface area contributed by atoms with Gasteiger partial charge in [0.05, 0.1) is 0 Å². The fourth-order valence-electron chi connectivity index (χ4n) is 5.30. The van der Waals surface area contributed by atoms with Crippen LogP contribution in [0.3, 0.4) is 0 Å². The highest BCUT2D eigenvalue weighted by Crippen LogP contribution is 2.52. The SMILES string of the molecule is CC1(C)C[C@@H]2C[C@@](C)(CN2C(=O)COc2cccc3ccccc23)C1. The fourth-order valence-corrected chi connectivity index (χ4v) is 5.30. The summed E-state index contributed by atoms with van der Waals surface area (Å²) in [5, 5.41) is 2.20. The maximum Gasteiger partial charge on any atom is 0.260 e. The highest BCUT2D eigenvalue weighted by atomic mass is 16.5. The summed E-state index contributed by atoms with van der Waals surface area (Å²) in [5.74, 6) is 0.916. The van der Waals surface area contributed by atoms with Crippen molar-refractivity contribution in [2.45, 2.75) is 46.1 Å². The van der Waals surface area contributed by atoms with Crippen LogP contribution in [0.1, 0.15) is 40.0 Å². The largest absolute Gasteiger partial charge is 0.483 e. The van der Waals surface area contributed by atoms with Crippen molar-refractivity contribution in [3.05, 3.63) is 42.5 Å². The van der Waals surface area contributed by atoms with Gasteiger partial charge in [-0.1, -0.05) is 57.2 Å². The molecule has 132 valence electrons. The van der Waals surface area contributed by atoms with Crippen LogP contribution in [-0.4, -0.2) is 30.0 Å². The second kappa shape index (κ2) is 5.76. The minimum absolute atomic E-state index is 0.124. The van der Waals surface area contributed by atoms with Gasteiger partial charge in [-0.25, -0.2) is 0 Å². The summed E-state index contributed by atoms with van der Waals surface area (Å²) >= 11 is 0. The quantitative estimate of drug-likeness (QED) is 0.816. The van der Waals surface area contributed by atoms with Crippen molar-refractivity contribution >= 4 is 16.7 Å².